The number of carbonyl (C=O) groups is 1. The van der Waals surface area contributed by atoms with Crippen LogP contribution in [0.1, 0.15) is 37.8 Å². The van der Waals surface area contributed by atoms with Crippen LogP contribution in [-0.4, -0.2) is 42.0 Å². The lowest BCUT2D eigenvalue weighted by atomic mass is 9.84. The van der Waals surface area contributed by atoms with E-state index in [4.69, 9.17) is 0 Å². The summed E-state index contributed by atoms with van der Waals surface area (Å²) in [6, 6.07) is 4.00. The first-order valence-corrected chi connectivity index (χ1v) is 8.42. The second-order valence-electron chi connectivity index (χ2n) is 6.70. The predicted molar refractivity (Wildman–Crippen MR) is 84.6 cm³/mol. The van der Waals surface area contributed by atoms with E-state index in [1.165, 1.54) is 6.07 Å². The molecule has 1 saturated carbocycles. The number of nitrogens with zero attached hydrogens (tertiary/aromatic N) is 3. The van der Waals surface area contributed by atoms with Crippen LogP contribution in [0.15, 0.2) is 18.2 Å². The minimum Gasteiger partial charge on any atom is -0.355 e. The summed E-state index contributed by atoms with van der Waals surface area (Å²) >= 11 is 0. The third-order valence-electron chi connectivity index (χ3n) is 5.10. The Bertz CT molecular complexity index is 601. The van der Waals surface area contributed by atoms with Crippen molar-refractivity contribution < 1.29 is 18.0 Å². The van der Waals surface area contributed by atoms with E-state index in [0.717, 1.165) is 38.2 Å². The molecular weight excluding hydrogens is 319 g/mol. The number of pyridine rings is 1. The van der Waals surface area contributed by atoms with Gasteiger partial charge in [0.2, 0.25) is 5.91 Å². The lowest BCUT2D eigenvalue weighted by Gasteiger charge is -2.40. The van der Waals surface area contributed by atoms with E-state index in [9.17, 15) is 18.0 Å². The summed E-state index contributed by atoms with van der Waals surface area (Å²) in [5, 5.41) is 0. The Balaban J connectivity index is 1.70. The number of aromatic nitrogens is 1. The quantitative estimate of drug-likeness (QED) is 0.846. The average Bonchev–Trinajstić information content (AvgIpc) is 2.52. The fourth-order valence-corrected chi connectivity index (χ4v) is 3.36. The zero-order valence-electron chi connectivity index (χ0n) is 13.7. The van der Waals surface area contributed by atoms with Gasteiger partial charge in [0, 0.05) is 32.1 Å². The van der Waals surface area contributed by atoms with Crippen LogP contribution in [0.25, 0.3) is 0 Å². The van der Waals surface area contributed by atoms with Gasteiger partial charge >= 0.3 is 6.18 Å². The maximum absolute atomic E-state index is 12.8. The first-order chi connectivity index (χ1) is 11.4. The molecule has 0 N–H and O–H groups in total. The Morgan fingerprint density at radius 3 is 2.62 bits per heavy atom. The Hall–Kier alpha value is -1.79. The highest BCUT2D eigenvalue weighted by Gasteiger charge is 2.35. The van der Waals surface area contributed by atoms with Crippen molar-refractivity contribution in [2.75, 3.05) is 25.0 Å². The van der Waals surface area contributed by atoms with Crippen molar-refractivity contribution in [3.8, 4) is 0 Å². The van der Waals surface area contributed by atoms with Crippen molar-refractivity contribution in [1.82, 2.24) is 9.88 Å². The first-order valence-electron chi connectivity index (χ1n) is 8.42. The number of carbonyl (C=O) groups excluding carboxylic acids is 1. The third-order valence-corrected chi connectivity index (χ3v) is 5.10. The highest BCUT2D eigenvalue weighted by molar-refractivity contribution is 5.79. The standard InChI is InChI=1S/C17H22F3N3O/c1-22(16(24)12-5-2-6-12)13-7-4-10-23(11-13)15-9-3-8-14(21-15)17(18,19)20/h3,8-9,12-13H,2,4-7,10-11H2,1H3. The summed E-state index contributed by atoms with van der Waals surface area (Å²) in [4.78, 5) is 19.8. The van der Waals surface area contributed by atoms with E-state index >= 15 is 0 Å². The molecule has 24 heavy (non-hydrogen) atoms. The van der Waals surface area contributed by atoms with E-state index < -0.39 is 11.9 Å². The Kier molecular flexibility index (Phi) is 4.69. The van der Waals surface area contributed by atoms with Crippen LogP contribution in [0.3, 0.4) is 0 Å². The lowest BCUT2D eigenvalue weighted by Crippen LogP contribution is -2.51. The Morgan fingerprint density at radius 2 is 2.00 bits per heavy atom. The molecule has 1 aliphatic carbocycles. The number of halogens is 3. The largest absolute Gasteiger partial charge is 0.433 e. The van der Waals surface area contributed by atoms with Crippen molar-refractivity contribution in [1.29, 1.82) is 0 Å². The lowest BCUT2D eigenvalue weighted by molar-refractivity contribution is -0.141. The second kappa shape index (κ2) is 6.61. The van der Waals surface area contributed by atoms with Crippen LogP contribution in [0.4, 0.5) is 19.0 Å². The minimum absolute atomic E-state index is 0.0307. The molecule has 1 unspecified atom stereocenters. The van der Waals surface area contributed by atoms with Crippen molar-refractivity contribution in [2.24, 2.45) is 5.92 Å². The van der Waals surface area contributed by atoms with Crippen molar-refractivity contribution in [3.05, 3.63) is 23.9 Å². The number of hydrogen-bond donors (Lipinski definition) is 0. The Morgan fingerprint density at radius 1 is 1.25 bits per heavy atom. The van der Waals surface area contributed by atoms with Crippen molar-refractivity contribution >= 4 is 11.7 Å². The van der Waals surface area contributed by atoms with E-state index in [1.807, 2.05) is 11.9 Å². The molecule has 2 heterocycles. The summed E-state index contributed by atoms with van der Waals surface area (Å²) < 4.78 is 38.5. The number of alkyl halides is 3. The number of piperidine rings is 1. The van der Waals surface area contributed by atoms with E-state index in [0.29, 0.717) is 18.9 Å². The van der Waals surface area contributed by atoms with Gasteiger partial charge in [0.1, 0.15) is 11.5 Å². The van der Waals surface area contributed by atoms with E-state index in [1.54, 1.807) is 11.0 Å². The SMILES string of the molecule is CN(C(=O)C1CCC1)C1CCCN(c2cccc(C(F)(F)F)n2)C1. The molecule has 0 radical (unpaired) electrons. The smallest absolute Gasteiger partial charge is 0.355 e. The number of anilines is 1. The number of hydrogen-bond acceptors (Lipinski definition) is 3. The van der Waals surface area contributed by atoms with Crippen LogP contribution in [0.5, 0.6) is 0 Å². The van der Waals surface area contributed by atoms with Crippen LogP contribution < -0.4 is 4.90 Å². The summed E-state index contributed by atoms with van der Waals surface area (Å²) in [5.41, 5.74) is -0.874. The molecule has 1 aromatic heterocycles. The molecule has 2 aliphatic rings. The molecule has 1 aliphatic heterocycles. The van der Waals surface area contributed by atoms with Gasteiger partial charge in [-0.25, -0.2) is 4.98 Å². The van der Waals surface area contributed by atoms with Gasteiger partial charge in [-0.05, 0) is 37.8 Å². The molecular formula is C17H22F3N3O. The highest BCUT2D eigenvalue weighted by Crippen LogP contribution is 2.31. The van der Waals surface area contributed by atoms with Crippen LogP contribution in [-0.2, 0) is 11.0 Å². The number of likely N-dealkylation sites (N-methyl/N-ethyl adjacent to an activating group) is 1. The van der Waals surface area contributed by atoms with Gasteiger partial charge in [0.05, 0.1) is 0 Å². The third kappa shape index (κ3) is 3.49. The average molecular weight is 341 g/mol. The summed E-state index contributed by atoms with van der Waals surface area (Å²) in [6.45, 7) is 1.19. The minimum atomic E-state index is -4.44. The molecule has 1 saturated heterocycles. The monoisotopic (exact) mass is 341 g/mol. The van der Waals surface area contributed by atoms with Gasteiger partial charge in [-0.15, -0.1) is 0 Å². The van der Waals surface area contributed by atoms with Crippen LogP contribution in [0.2, 0.25) is 0 Å². The molecule has 132 valence electrons. The molecule has 7 heteroatoms. The number of amides is 1. The molecule has 0 bridgehead atoms. The molecule has 1 amide bonds. The van der Waals surface area contributed by atoms with E-state index in [2.05, 4.69) is 4.98 Å². The van der Waals surface area contributed by atoms with E-state index in [-0.39, 0.29) is 17.9 Å². The molecule has 0 spiro atoms. The molecule has 3 rings (SSSR count). The maximum Gasteiger partial charge on any atom is 0.433 e. The number of rotatable bonds is 3. The normalized spacial score (nSPS) is 22.2. The van der Waals surface area contributed by atoms with Gasteiger partial charge in [-0.2, -0.15) is 13.2 Å². The van der Waals surface area contributed by atoms with Crippen molar-refractivity contribution in [2.45, 2.75) is 44.3 Å². The fourth-order valence-electron chi connectivity index (χ4n) is 3.36. The predicted octanol–water partition coefficient (Wildman–Crippen LogP) is 3.33. The summed E-state index contributed by atoms with van der Waals surface area (Å²) in [6.07, 6.45) is 0.288. The van der Waals surface area contributed by atoms with Gasteiger partial charge in [0.25, 0.3) is 0 Å². The molecule has 4 nitrogen and oxygen atoms in total. The van der Waals surface area contributed by atoms with Gasteiger partial charge in [-0.3, -0.25) is 4.79 Å². The molecule has 1 aromatic rings. The van der Waals surface area contributed by atoms with Crippen LogP contribution >= 0.6 is 0 Å². The van der Waals surface area contributed by atoms with Crippen LogP contribution in [0, 0.1) is 5.92 Å². The summed E-state index contributed by atoms with van der Waals surface area (Å²) in [5.74, 6) is 0.640. The fraction of sp³-hybridized carbons (Fsp3) is 0.647. The molecule has 2 fully saturated rings. The zero-order valence-corrected chi connectivity index (χ0v) is 13.7. The maximum atomic E-state index is 12.8. The Labute approximate surface area is 139 Å². The van der Waals surface area contributed by atoms with Gasteiger partial charge in [0.15, 0.2) is 0 Å². The highest BCUT2D eigenvalue weighted by atomic mass is 19.4. The van der Waals surface area contributed by atoms with Gasteiger partial charge < -0.3 is 9.80 Å². The summed E-state index contributed by atoms with van der Waals surface area (Å²) in [7, 11) is 1.81. The first kappa shape index (κ1) is 17.0. The second-order valence-corrected chi connectivity index (χ2v) is 6.70. The van der Waals surface area contributed by atoms with Crippen molar-refractivity contribution in [3.63, 3.8) is 0 Å². The topological polar surface area (TPSA) is 36.4 Å². The molecule has 1 atom stereocenters. The van der Waals surface area contributed by atoms with Gasteiger partial charge in [-0.1, -0.05) is 12.5 Å². The molecule has 0 aromatic carbocycles. The zero-order chi connectivity index (χ0) is 17.3.